The Kier molecular flexibility index (Phi) is 11.5. The zero-order chi connectivity index (χ0) is 44.8. The Balaban J connectivity index is 0.975. The summed E-state index contributed by atoms with van der Waals surface area (Å²) in [4.78, 5) is 72.5. The van der Waals surface area contributed by atoms with E-state index in [1.54, 1.807) is 23.1 Å². The number of ether oxygens (including phenoxy) is 3. The van der Waals surface area contributed by atoms with Crippen molar-refractivity contribution < 1.29 is 38.5 Å². The Bertz CT molecular complexity index is 2750. The summed E-state index contributed by atoms with van der Waals surface area (Å²) in [5, 5.41) is 16.5. The summed E-state index contributed by atoms with van der Waals surface area (Å²) in [7, 11) is 2.92. The predicted molar refractivity (Wildman–Crippen MR) is 238 cm³/mol. The molecular formula is C48H52N8O8. The van der Waals surface area contributed by atoms with E-state index in [4.69, 9.17) is 24.2 Å². The van der Waals surface area contributed by atoms with Gasteiger partial charge in [-0.2, -0.15) is 0 Å². The Morgan fingerprint density at radius 2 is 1.67 bits per heavy atom. The standard InChI is InChI=1S/C48H52N8O8/c1-25(2)40(53-47(59)60)45(57)56-22-27(23-62-4)16-38(56)44-50-35-14-12-29-18-34-32-13-11-30(17-31(32)24-64-39(34)19-33(29)42(35)52-44)36-20-49-43(51-36)37-15-26(3)21-55(37)46(58)41(54-48(61)63-5)28-9-7-6-8-10-28/h6-14,17-20,25-27,37-38,40-41,53H,15-16,21-24H2,1-5H3,(H,49,51)(H,50,52)(H,54,61)(H,59,60). The maximum Gasteiger partial charge on any atom is 0.407 e. The first-order valence-corrected chi connectivity index (χ1v) is 21.7. The molecule has 2 aromatic heterocycles. The average Bonchev–Trinajstić information content (AvgIpc) is 4.12. The number of fused-ring (bicyclic) bond motifs is 6. The summed E-state index contributed by atoms with van der Waals surface area (Å²) in [6.45, 7) is 7.52. The third-order valence-electron chi connectivity index (χ3n) is 12.8. The van der Waals surface area contributed by atoms with E-state index in [2.05, 4.69) is 57.9 Å². The van der Waals surface area contributed by atoms with Gasteiger partial charge in [0.2, 0.25) is 5.91 Å². The number of aromatic nitrogens is 4. The highest BCUT2D eigenvalue weighted by Crippen LogP contribution is 2.44. The van der Waals surface area contributed by atoms with E-state index in [9.17, 15) is 24.3 Å². The normalized spacial score (nSPS) is 20.2. The molecule has 16 nitrogen and oxygen atoms in total. The number of carbonyl (C=O) groups excluding carboxylic acids is 3. The van der Waals surface area contributed by atoms with Gasteiger partial charge in [-0.3, -0.25) is 9.59 Å². The molecule has 5 N–H and O–H groups in total. The highest BCUT2D eigenvalue weighted by atomic mass is 16.5. The minimum absolute atomic E-state index is 0.0615. The van der Waals surface area contributed by atoms with Gasteiger partial charge in [0.15, 0.2) is 0 Å². The number of amides is 4. The van der Waals surface area contributed by atoms with Crippen LogP contribution >= 0.6 is 0 Å². The summed E-state index contributed by atoms with van der Waals surface area (Å²) < 4.78 is 16.8. The third-order valence-corrected chi connectivity index (χ3v) is 12.8. The van der Waals surface area contributed by atoms with Crippen LogP contribution in [0.1, 0.15) is 74.5 Å². The van der Waals surface area contributed by atoms with E-state index in [0.29, 0.717) is 56.4 Å². The first-order chi connectivity index (χ1) is 30.9. The van der Waals surface area contributed by atoms with Crippen LogP contribution in [0, 0.1) is 17.8 Å². The average molecular weight is 869 g/mol. The number of methoxy groups -OCH3 is 2. The van der Waals surface area contributed by atoms with Crippen molar-refractivity contribution >= 4 is 45.8 Å². The molecule has 9 rings (SSSR count). The maximum atomic E-state index is 14.2. The summed E-state index contributed by atoms with van der Waals surface area (Å²) in [6, 6.07) is 21.1. The smallest absolute Gasteiger partial charge is 0.407 e. The van der Waals surface area contributed by atoms with Crippen molar-refractivity contribution in [2.75, 3.05) is 33.9 Å². The lowest BCUT2D eigenvalue weighted by molar-refractivity contribution is -0.136. The molecule has 0 aliphatic carbocycles. The molecule has 16 heteroatoms. The van der Waals surface area contributed by atoms with Gasteiger partial charge in [0, 0.05) is 37.1 Å². The number of benzene rings is 4. The van der Waals surface area contributed by atoms with Crippen LogP contribution in [0.15, 0.2) is 79.0 Å². The molecule has 4 aromatic carbocycles. The topological polar surface area (TPSA) is 204 Å². The van der Waals surface area contributed by atoms with Crippen molar-refractivity contribution in [3.05, 3.63) is 102 Å². The van der Waals surface area contributed by atoms with Crippen molar-refractivity contribution in [2.45, 2.75) is 64.4 Å². The SMILES string of the molecule is COCC1CC(c2nc3c(ccc4cc5c(cc43)OCc3cc(-c4cnc(C6CC(C)CN6C(=O)C(NC(=O)OC)c6ccccc6)[nH]4)ccc3-5)[nH]2)N(C(=O)C(NC(=O)O)C(C)C)C1. The molecule has 0 saturated carbocycles. The van der Waals surface area contributed by atoms with Crippen molar-refractivity contribution in [1.29, 1.82) is 0 Å². The molecule has 6 atom stereocenters. The van der Waals surface area contributed by atoms with Gasteiger partial charge in [-0.25, -0.2) is 19.6 Å². The number of nitrogens with zero attached hydrogens (tertiary/aromatic N) is 4. The second-order valence-electron chi connectivity index (χ2n) is 17.6. The Morgan fingerprint density at radius 1 is 0.891 bits per heavy atom. The van der Waals surface area contributed by atoms with Crippen molar-refractivity contribution in [2.24, 2.45) is 17.8 Å². The van der Waals surface area contributed by atoms with Gasteiger partial charge in [0.05, 0.1) is 48.7 Å². The van der Waals surface area contributed by atoms with Crippen molar-refractivity contribution in [3.63, 3.8) is 0 Å². The van der Waals surface area contributed by atoms with E-state index in [-0.39, 0.29) is 35.6 Å². The quantitative estimate of drug-likeness (QED) is 0.0868. The number of carbonyl (C=O) groups is 4. The van der Waals surface area contributed by atoms with Gasteiger partial charge in [-0.1, -0.05) is 69.3 Å². The van der Waals surface area contributed by atoms with Crippen LogP contribution in [0.3, 0.4) is 0 Å². The molecule has 3 aliphatic heterocycles. The number of aromatic amines is 2. The van der Waals surface area contributed by atoms with Gasteiger partial charge in [-0.15, -0.1) is 0 Å². The summed E-state index contributed by atoms with van der Waals surface area (Å²) in [5.74, 6) is 1.57. The van der Waals surface area contributed by atoms with Crippen LogP contribution in [0.2, 0.25) is 0 Å². The molecule has 2 fully saturated rings. The highest BCUT2D eigenvalue weighted by molar-refractivity contribution is 6.07. The zero-order valence-electron chi connectivity index (χ0n) is 36.4. The van der Waals surface area contributed by atoms with E-state index < -0.39 is 30.3 Å². The van der Waals surface area contributed by atoms with Gasteiger partial charge >= 0.3 is 12.2 Å². The highest BCUT2D eigenvalue weighted by Gasteiger charge is 2.42. The fraction of sp³-hybridized carbons (Fsp3) is 0.375. The largest absolute Gasteiger partial charge is 0.488 e. The molecule has 6 aromatic rings. The third kappa shape index (κ3) is 7.97. The number of likely N-dealkylation sites (tertiary alicyclic amines) is 2. The first kappa shape index (κ1) is 42.4. The minimum atomic E-state index is -1.24. The number of H-pyrrole nitrogens is 2. The number of rotatable bonds is 11. The first-order valence-electron chi connectivity index (χ1n) is 21.7. The number of alkyl carbamates (subject to hydrolysis) is 1. The fourth-order valence-corrected chi connectivity index (χ4v) is 9.72. The lowest BCUT2D eigenvalue weighted by Gasteiger charge is -2.29. The van der Waals surface area contributed by atoms with Crippen LogP contribution in [0.25, 0.3) is 44.2 Å². The van der Waals surface area contributed by atoms with Gasteiger partial charge in [0.25, 0.3) is 5.91 Å². The zero-order valence-corrected chi connectivity index (χ0v) is 36.4. The van der Waals surface area contributed by atoms with Gasteiger partial charge in [0.1, 0.15) is 36.1 Å². The van der Waals surface area contributed by atoms with Crippen molar-refractivity contribution in [1.82, 2.24) is 40.4 Å². The van der Waals surface area contributed by atoms with E-state index >= 15 is 0 Å². The van der Waals surface area contributed by atoms with Crippen LogP contribution in [0.4, 0.5) is 9.59 Å². The number of carboxylic acid groups (broad SMARTS) is 1. The Hall–Kier alpha value is -6.94. The molecule has 0 bridgehead atoms. The van der Waals surface area contributed by atoms with Crippen LogP contribution in [-0.4, -0.2) is 98.8 Å². The van der Waals surface area contributed by atoms with Gasteiger partial charge < -0.3 is 49.7 Å². The lowest BCUT2D eigenvalue weighted by atomic mass is 9.92. The number of hydrogen-bond acceptors (Lipinski definition) is 9. The minimum Gasteiger partial charge on any atom is -0.488 e. The van der Waals surface area contributed by atoms with Crippen LogP contribution in [0.5, 0.6) is 5.75 Å². The molecule has 2 saturated heterocycles. The second kappa shape index (κ2) is 17.3. The van der Waals surface area contributed by atoms with E-state index in [1.165, 1.54) is 7.11 Å². The number of hydrogen-bond donors (Lipinski definition) is 5. The Morgan fingerprint density at radius 3 is 2.42 bits per heavy atom. The molecule has 3 aliphatic rings. The molecule has 5 heterocycles. The van der Waals surface area contributed by atoms with Crippen molar-refractivity contribution in [3.8, 4) is 28.1 Å². The monoisotopic (exact) mass is 868 g/mol. The van der Waals surface area contributed by atoms with Gasteiger partial charge in [-0.05, 0) is 76.6 Å². The Labute approximate surface area is 369 Å². The molecule has 332 valence electrons. The molecular weight excluding hydrogens is 817 g/mol. The number of imidazole rings is 2. The molecule has 4 amide bonds. The predicted octanol–water partition coefficient (Wildman–Crippen LogP) is 7.50. The maximum absolute atomic E-state index is 14.2. The fourth-order valence-electron chi connectivity index (χ4n) is 9.72. The molecule has 0 spiro atoms. The summed E-state index contributed by atoms with van der Waals surface area (Å²) in [5.41, 5.74) is 7.02. The lowest BCUT2D eigenvalue weighted by Crippen LogP contribution is -2.51. The van der Waals surface area contributed by atoms with Crippen LogP contribution in [-0.2, 0) is 25.7 Å². The second-order valence-corrected chi connectivity index (χ2v) is 17.6. The molecule has 6 unspecified atom stereocenters. The van der Waals surface area contributed by atoms with Crippen LogP contribution < -0.4 is 15.4 Å². The summed E-state index contributed by atoms with van der Waals surface area (Å²) >= 11 is 0. The number of nitrogens with one attached hydrogen (secondary N) is 4. The molecule has 64 heavy (non-hydrogen) atoms. The van der Waals surface area contributed by atoms with E-state index in [1.807, 2.05) is 56.3 Å². The van der Waals surface area contributed by atoms with E-state index in [0.717, 1.165) is 55.5 Å². The molecule has 0 radical (unpaired) electrons. The summed E-state index contributed by atoms with van der Waals surface area (Å²) in [6.07, 6.45) is 1.21.